The molecule has 0 aliphatic heterocycles. The summed E-state index contributed by atoms with van der Waals surface area (Å²) in [7, 11) is 0. The first kappa shape index (κ1) is 30.8. The largest absolute Gasteiger partial charge is 0.310 e. The number of benzene rings is 8. The summed E-state index contributed by atoms with van der Waals surface area (Å²) >= 11 is 5.67. The summed E-state index contributed by atoms with van der Waals surface area (Å²) in [5.74, 6) is 0.0546. The molecule has 53 heavy (non-hydrogen) atoms. The summed E-state index contributed by atoms with van der Waals surface area (Å²) in [5, 5.41) is 8.00. The first-order chi connectivity index (χ1) is 26.3. The highest BCUT2D eigenvalue weighted by molar-refractivity contribution is 7.26. The van der Waals surface area contributed by atoms with E-state index in [4.69, 9.17) is 0 Å². The zero-order chi connectivity index (χ0) is 34.9. The molecule has 0 radical (unpaired) electrons. The smallest absolute Gasteiger partial charge is 0.0476 e. The minimum atomic E-state index is 0.0546. The highest BCUT2D eigenvalue weighted by Crippen LogP contribution is 2.47. The van der Waals surface area contributed by atoms with Gasteiger partial charge in [-0.25, -0.2) is 0 Å². The molecule has 11 rings (SSSR count). The molecule has 0 N–H and O–H groups in total. The van der Waals surface area contributed by atoms with Crippen LogP contribution in [0.5, 0.6) is 0 Å². The fourth-order valence-electron chi connectivity index (χ4n) is 8.22. The second-order valence-corrected chi connectivity index (χ2v) is 16.9. The van der Waals surface area contributed by atoms with Crippen molar-refractivity contribution in [2.75, 3.05) is 4.90 Å². The molecule has 1 unspecified atom stereocenters. The Hall–Kier alpha value is -5.78. The van der Waals surface area contributed by atoms with Crippen molar-refractivity contribution in [2.45, 2.75) is 5.92 Å². The summed E-state index contributed by atoms with van der Waals surface area (Å²) < 4.78 is 7.95. The molecular weight excluding hydrogens is 699 g/mol. The molecule has 3 heterocycles. The van der Waals surface area contributed by atoms with Gasteiger partial charge in [0.05, 0.1) is 0 Å². The quantitative estimate of drug-likeness (QED) is 0.154. The van der Waals surface area contributed by atoms with Crippen LogP contribution in [-0.2, 0) is 0 Å². The normalized spacial score (nSPS) is 12.5. The second kappa shape index (κ2) is 12.4. The molecule has 0 aliphatic rings. The molecule has 8 aromatic carbocycles. The first-order valence-corrected chi connectivity index (χ1v) is 20.4. The topological polar surface area (TPSA) is 3.24 Å². The lowest BCUT2D eigenvalue weighted by Gasteiger charge is -2.25. The van der Waals surface area contributed by atoms with Crippen molar-refractivity contribution < 1.29 is 0 Å². The van der Waals surface area contributed by atoms with Gasteiger partial charge in [-0.05, 0) is 89.5 Å². The molecule has 0 spiro atoms. The molecular formula is C49H31NS3. The van der Waals surface area contributed by atoms with Crippen LogP contribution in [-0.4, -0.2) is 0 Å². The third kappa shape index (κ3) is 5.09. The van der Waals surface area contributed by atoms with Crippen LogP contribution in [0.15, 0.2) is 182 Å². The molecule has 11 aromatic rings. The maximum absolute atomic E-state index is 2.47. The van der Waals surface area contributed by atoms with E-state index in [1.807, 2.05) is 34.0 Å². The molecule has 0 bridgehead atoms. The predicted molar refractivity (Wildman–Crippen MR) is 234 cm³/mol. The Balaban J connectivity index is 1.14. The van der Waals surface area contributed by atoms with Crippen LogP contribution < -0.4 is 4.90 Å². The molecule has 1 nitrogen and oxygen atoms in total. The highest BCUT2D eigenvalue weighted by Gasteiger charge is 2.24. The molecule has 1 atom stereocenters. The molecule has 0 saturated carbocycles. The van der Waals surface area contributed by atoms with Crippen molar-refractivity contribution in [1.82, 2.24) is 0 Å². The van der Waals surface area contributed by atoms with Crippen LogP contribution in [0.1, 0.15) is 22.6 Å². The lowest BCUT2D eigenvalue weighted by atomic mass is 9.82. The Kier molecular flexibility index (Phi) is 7.22. The first-order valence-electron chi connectivity index (χ1n) is 17.9. The van der Waals surface area contributed by atoms with Gasteiger partial charge < -0.3 is 4.90 Å². The van der Waals surface area contributed by atoms with Crippen LogP contribution in [0.25, 0.3) is 60.5 Å². The number of rotatable bonds is 6. The lowest BCUT2D eigenvalue weighted by Crippen LogP contribution is -2.09. The maximum Gasteiger partial charge on any atom is 0.0476 e. The average Bonchev–Trinajstić information content (AvgIpc) is 3.90. The van der Waals surface area contributed by atoms with Crippen molar-refractivity contribution in [3.63, 3.8) is 0 Å². The summed E-state index contributed by atoms with van der Waals surface area (Å²) in [6, 6.07) is 67.3. The van der Waals surface area contributed by atoms with Crippen molar-refractivity contribution in [1.29, 1.82) is 0 Å². The van der Waals surface area contributed by atoms with Gasteiger partial charge in [0.25, 0.3) is 0 Å². The van der Waals surface area contributed by atoms with E-state index in [-0.39, 0.29) is 5.92 Å². The third-order valence-electron chi connectivity index (χ3n) is 10.6. The number of fused-ring (bicyclic) bond motifs is 9. The van der Waals surface area contributed by atoms with Gasteiger partial charge in [-0.3, -0.25) is 0 Å². The Labute approximate surface area is 319 Å². The minimum absolute atomic E-state index is 0.0546. The zero-order valence-electron chi connectivity index (χ0n) is 28.6. The van der Waals surface area contributed by atoms with Crippen LogP contribution in [0.3, 0.4) is 0 Å². The molecule has 0 fully saturated rings. The number of hydrogen-bond donors (Lipinski definition) is 0. The summed E-state index contributed by atoms with van der Waals surface area (Å²) in [5.41, 5.74) is 7.45. The highest BCUT2D eigenvalue weighted by atomic mass is 32.1. The predicted octanol–water partition coefficient (Wildman–Crippen LogP) is 15.4. The second-order valence-electron chi connectivity index (χ2n) is 13.7. The third-order valence-corrected chi connectivity index (χ3v) is 14.0. The van der Waals surface area contributed by atoms with Gasteiger partial charge in [0, 0.05) is 83.5 Å². The van der Waals surface area contributed by atoms with Gasteiger partial charge in [0.1, 0.15) is 0 Å². The SMILES string of the molecule is c1ccc(N(c2ccccc2)c2ccc3c(c2)sc2cccc(C(c4ccc5c(c4)sc4ccccc45)c4ccc5sc6ccccc6c5c4)c23)cc1. The van der Waals surface area contributed by atoms with Crippen molar-refractivity contribution >= 4 is 112 Å². The molecule has 3 aromatic heterocycles. The van der Waals surface area contributed by atoms with E-state index in [0.29, 0.717) is 0 Å². The van der Waals surface area contributed by atoms with Crippen LogP contribution in [0.4, 0.5) is 17.1 Å². The van der Waals surface area contributed by atoms with Crippen molar-refractivity contribution in [3.8, 4) is 0 Å². The van der Waals surface area contributed by atoms with E-state index >= 15 is 0 Å². The Bertz CT molecular complexity index is 3090. The van der Waals surface area contributed by atoms with E-state index in [0.717, 1.165) is 17.1 Å². The number of anilines is 3. The Morgan fingerprint density at radius 3 is 1.60 bits per heavy atom. The number of para-hydroxylation sites is 2. The van der Waals surface area contributed by atoms with E-state index in [2.05, 4.69) is 187 Å². The number of nitrogens with zero attached hydrogens (tertiary/aromatic N) is 1. The van der Waals surface area contributed by atoms with Gasteiger partial charge in [-0.2, -0.15) is 0 Å². The maximum atomic E-state index is 2.47. The van der Waals surface area contributed by atoms with Gasteiger partial charge in [-0.15, -0.1) is 34.0 Å². The van der Waals surface area contributed by atoms with Crippen molar-refractivity contribution in [2.24, 2.45) is 0 Å². The summed E-state index contributed by atoms with van der Waals surface area (Å²) in [6.07, 6.45) is 0. The zero-order valence-corrected chi connectivity index (χ0v) is 31.0. The average molecular weight is 730 g/mol. The van der Waals surface area contributed by atoms with E-state index in [1.54, 1.807) is 0 Å². The summed E-state index contributed by atoms with van der Waals surface area (Å²) in [4.78, 5) is 2.36. The van der Waals surface area contributed by atoms with Gasteiger partial charge in [0.15, 0.2) is 0 Å². The van der Waals surface area contributed by atoms with Gasteiger partial charge >= 0.3 is 0 Å². The lowest BCUT2D eigenvalue weighted by molar-refractivity contribution is 0.997. The van der Waals surface area contributed by atoms with Crippen molar-refractivity contribution in [3.05, 3.63) is 199 Å². The fraction of sp³-hybridized carbons (Fsp3) is 0.0204. The van der Waals surface area contributed by atoms with E-state index in [9.17, 15) is 0 Å². The molecule has 0 saturated heterocycles. The van der Waals surface area contributed by atoms with Crippen LogP contribution >= 0.6 is 34.0 Å². The van der Waals surface area contributed by atoms with Crippen LogP contribution in [0.2, 0.25) is 0 Å². The van der Waals surface area contributed by atoms with E-state index in [1.165, 1.54) is 77.2 Å². The minimum Gasteiger partial charge on any atom is -0.310 e. The van der Waals surface area contributed by atoms with Crippen LogP contribution in [0, 0.1) is 0 Å². The number of hydrogen-bond acceptors (Lipinski definition) is 4. The molecule has 0 aliphatic carbocycles. The molecule has 0 amide bonds. The Morgan fingerprint density at radius 2 is 0.849 bits per heavy atom. The molecule has 250 valence electrons. The van der Waals surface area contributed by atoms with Gasteiger partial charge in [-0.1, -0.05) is 109 Å². The van der Waals surface area contributed by atoms with E-state index < -0.39 is 0 Å². The standard InChI is InChI=1S/C49H31NS3/c1-3-12-33(13-4-1)50(34-14-5-2-6-15-34)35-24-26-39-47(30-35)53-45-21-11-18-40(49(39)45)48(31-23-27-44-41(28-31)37-17-8-10-20-43(37)51-44)32-22-25-38-36-16-7-9-19-42(36)52-46(38)29-32/h1-30,48H. The monoisotopic (exact) mass is 729 g/mol. The Morgan fingerprint density at radius 1 is 0.321 bits per heavy atom. The summed E-state index contributed by atoms with van der Waals surface area (Å²) in [6.45, 7) is 0. The fourth-order valence-corrected chi connectivity index (χ4v) is 11.6. The van der Waals surface area contributed by atoms with Gasteiger partial charge in [0.2, 0.25) is 0 Å². The number of thiophene rings is 3. The molecule has 4 heteroatoms.